The van der Waals surface area contributed by atoms with Crippen molar-refractivity contribution in [2.75, 3.05) is 0 Å². The Hall–Kier alpha value is 2.48. The summed E-state index contributed by atoms with van der Waals surface area (Å²) in [7, 11) is 0. The minimum atomic E-state index is 0. The van der Waals surface area contributed by atoms with Gasteiger partial charge in [0.2, 0.25) is 0 Å². The zero-order valence-electron chi connectivity index (χ0n) is 2.05. The molecular weight excluding hydrogens is 299 g/mol. The molecule has 0 rings (SSSR count). The minimum Gasteiger partial charge on any atom is -0.0776 e. The maximum Gasteiger partial charge on any atom is 0 e. The zero-order chi connectivity index (χ0) is 0. The Kier molecular flexibility index (Phi) is 658. The molecule has 0 N–H and O–H groups in total. The molecule has 0 unspecified atom stereocenters. The summed E-state index contributed by atoms with van der Waals surface area (Å²) >= 11 is 0. The molecule has 6 heavy (non-hydrogen) atoms. The van der Waals surface area contributed by atoms with E-state index in [1.807, 2.05) is 0 Å². The summed E-state index contributed by atoms with van der Waals surface area (Å²) in [5, 5.41) is 0. The van der Waals surface area contributed by atoms with Crippen LogP contribution in [0.1, 0.15) is 7.43 Å². The molecule has 5 radical (unpaired) electrons. The van der Waals surface area contributed by atoms with Crippen molar-refractivity contribution >= 4 is 11.0 Å². The van der Waals surface area contributed by atoms with Gasteiger partial charge in [-0.2, -0.15) is 0 Å². The summed E-state index contributed by atoms with van der Waals surface area (Å²) in [6.07, 6.45) is 0. The Labute approximate surface area is 90.0 Å². The van der Waals surface area contributed by atoms with Gasteiger partial charge in [0.15, 0.2) is 0 Å². The van der Waals surface area contributed by atoms with E-state index in [9.17, 15) is 0 Å². The minimum absolute atomic E-state index is 0. The normalized spacial score (nSPS) is 0. The Morgan fingerprint density at radius 1 is 1.00 bits per heavy atom. The van der Waals surface area contributed by atoms with Crippen LogP contribution in [0.15, 0.2) is 0 Å². The molecule has 0 aliphatic rings. The van der Waals surface area contributed by atoms with E-state index < -0.39 is 0 Å². The zero-order valence-corrected chi connectivity index (χ0v) is 8.61. The van der Waals surface area contributed by atoms with Crippen LogP contribution in [0.25, 0.3) is 0 Å². The molecule has 0 saturated carbocycles. The van der Waals surface area contributed by atoms with E-state index >= 15 is 0 Å². The fourth-order valence-electron chi connectivity index (χ4n) is 0. The average molecular weight is 303 g/mol. The third-order valence-corrected chi connectivity index (χ3v) is 0. The van der Waals surface area contributed by atoms with Crippen molar-refractivity contribution in [2.24, 2.45) is 0 Å². The molecule has 0 aromatic rings. The number of rotatable bonds is 0. The van der Waals surface area contributed by atoms with Crippen LogP contribution in [0, 0.1) is 0 Å². The summed E-state index contributed by atoms with van der Waals surface area (Å²) in [5.74, 6) is 0. The van der Waals surface area contributed by atoms with Gasteiger partial charge >= 0.3 is 0 Å². The molecule has 0 atom stereocenters. The first-order chi connectivity index (χ1) is 0. The van der Waals surface area contributed by atoms with E-state index in [-0.39, 0.29) is 91.0 Å². The van der Waals surface area contributed by atoms with Crippen LogP contribution >= 0.6 is 0 Å². The fraction of sp³-hybridized carbons (Fsp3) is 1.00. The summed E-state index contributed by atoms with van der Waals surface area (Å²) < 4.78 is 0. The standard InChI is InChI=1S/CH4.Cr.Fe.Mn.Mo.Si/h1H4;;;;;. The summed E-state index contributed by atoms with van der Waals surface area (Å²) in [4.78, 5) is 0. The van der Waals surface area contributed by atoms with Crippen LogP contribution in [0.3, 0.4) is 0 Å². The van der Waals surface area contributed by atoms with Crippen LogP contribution in [0.5, 0.6) is 0 Å². The molecular formula is CH4CrFeMnMoSi. The molecule has 0 heterocycles. The maximum atomic E-state index is 0. The quantitative estimate of drug-likeness (QED) is 0.563. The SMILES string of the molecule is C.[Cr].[Fe].[Mn].[Mo].[Si]. The van der Waals surface area contributed by atoms with E-state index in [0.29, 0.717) is 0 Å². The van der Waals surface area contributed by atoms with Crippen molar-refractivity contribution in [1.29, 1.82) is 0 Å². The van der Waals surface area contributed by atoms with Crippen molar-refractivity contribution in [2.45, 2.75) is 7.43 Å². The van der Waals surface area contributed by atoms with E-state index in [2.05, 4.69) is 0 Å². The molecule has 0 aromatic heterocycles. The fourth-order valence-corrected chi connectivity index (χ4v) is 0. The Morgan fingerprint density at radius 2 is 1.00 bits per heavy atom. The number of hydrogen-bond acceptors (Lipinski definition) is 0. The maximum absolute atomic E-state index is 0. The number of hydrogen-bond donors (Lipinski definition) is 0. The summed E-state index contributed by atoms with van der Waals surface area (Å²) in [6, 6.07) is 0. The molecule has 0 amide bonds. The molecule has 0 bridgehead atoms. The first kappa shape index (κ1) is 77.3. The molecule has 0 nitrogen and oxygen atoms in total. The van der Waals surface area contributed by atoms with Gasteiger partial charge in [-0.3, -0.25) is 0 Å². The van der Waals surface area contributed by atoms with E-state index in [4.69, 9.17) is 0 Å². The predicted molar refractivity (Wildman–Crippen MR) is 12.5 cm³/mol. The second-order valence-electron chi connectivity index (χ2n) is 0. The molecule has 39 valence electrons. The van der Waals surface area contributed by atoms with Gasteiger partial charge in [0, 0.05) is 83.5 Å². The summed E-state index contributed by atoms with van der Waals surface area (Å²) in [6.45, 7) is 0. The van der Waals surface area contributed by atoms with E-state index in [1.165, 1.54) is 0 Å². The van der Waals surface area contributed by atoms with E-state index in [0.717, 1.165) is 0 Å². The van der Waals surface area contributed by atoms with Crippen molar-refractivity contribution < 1.29 is 72.6 Å². The van der Waals surface area contributed by atoms with E-state index in [1.54, 1.807) is 0 Å². The summed E-state index contributed by atoms with van der Waals surface area (Å²) in [5.41, 5.74) is 0. The molecule has 0 aromatic carbocycles. The second-order valence-corrected chi connectivity index (χ2v) is 0. The van der Waals surface area contributed by atoms with Crippen molar-refractivity contribution in [3.63, 3.8) is 0 Å². The van der Waals surface area contributed by atoms with Gasteiger partial charge in [-0.05, 0) is 0 Å². The molecule has 0 aliphatic carbocycles. The van der Waals surface area contributed by atoms with Crippen molar-refractivity contribution in [1.82, 2.24) is 0 Å². The predicted octanol–water partition coefficient (Wildman–Crippen LogP) is 0.245. The average Bonchev–Trinajstić information content (AvgIpc) is 0. The van der Waals surface area contributed by atoms with Gasteiger partial charge in [0.05, 0.1) is 0 Å². The van der Waals surface area contributed by atoms with Gasteiger partial charge < -0.3 is 0 Å². The Bertz CT molecular complexity index is 15.5. The van der Waals surface area contributed by atoms with Gasteiger partial charge in [0.1, 0.15) is 0 Å². The monoisotopic (exact) mass is 305 g/mol. The Morgan fingerprint density at radius 3 is 1.00 bits per heavy atom. The van der Waals surface area contributed by atoms with Crippen LogP contribution < -0.4 is 0 Å². The van der Waals surface area contributed by atoms with Crippen molar-refractivity contribution in [3.8, 4) is 0 Å². The third kappa shape index (κ3) is 31.7. The molecule has 0 saturated heterocycles. The molecule has 0 fully saturated rings. The first-order valence-electron chi connectivity index (χ1n) is 0. The molecule has 0 spiro atoms. The third-order valence-electron chi connectivity index (χ3n) is 0. The van der Waals surface area contributed by atoms with Crippen LogP contribution in [0.2, 0.25) is 0 Å². The Balaban J connectivity index is 0. The smallest absolute Gasteiger partial charge is 0 e. The van der Waals surface area contributed by atoms with Crippen molar-refractivity contribution in [3.05, 3.63) is 0 Å². The van der Waals surface area contributed by atoms with Gasteiger partial charge in [-0.1, -0.05) is 7.43 Å². The van der Waals surface area contributed by atoms with Gasteiger partial charge in [-0.25, -0.2) is 0 Å². The first-order valence-corrected chi connectivity index (χ1v) is 0. The largest absolute Gasteiger partial charge is 0.0776 e. The molecule has 5 heteroatoms. The van der Waals surface area contributed by atoms with Gasteiger partial charge in [-0.15, -0.1) is 0 Å². The van der Waals surface area contributed by atoms with Crippen LogP contribution in [-0.4, -0.2) is 11.0 Å². The van der Waals surface area contributed by atoms with Crippen LogP contribution in [0.4, 0.5) is 0 Å². The molecule has 0 aliphatic heterocycles. The second kappa shape index (κ2) is 51.1. The van der Waals surface area contributed by atoms with Crippen LogP contribution in [-0.2, 0) is 72.6 Å². The van der Waals surface area contributed by atoms with Gasteiger partial charge in [0.25, 0.3) is 0 Å². The topological polar surface area (TPSA) is 0 Å².